The standard InChI is InChI=1S/C18H17ClN4O3/c1-18(2)25-8-12(9-26-18)23-10-21-16-13(17(23)24)6-14(19)22-15(16)11-4-3-5-20-7-11/h3-7,10,12H,8-9H2,1-2H3. The number of halogens is 1. The number of pyridine rings is 2. The van der Waals surface area contributed by atoms with Crippen LogP contribution in [0.25, 0.3) is 22.2 Å². The van der Waals surface area contributed by atoms with E-state index < -0.39 is 5.79 Å². The van der Waals surface area contributed by atoms with Crippen molar-refractivity contribution in [2.45, 2.75) is 25.7 Å². The van der Waals surface area contributed by atoms with Gasteiger partial charge in [-0.1, -0.05) is 11.6 Å². The highest BCUT2D eigenvalue weighted by atomic mass is 35.5. The van der Waals surface area contributed by atoms with Gasteiger partial charge in [-0.3, -0.25) is 14.3 Å². The van der Waals surface area contributed by atoms with Gasteiger partial charge < -0.3 is 9.47 Å². The van der Waals surface area contributed by atoms with E-state index in [9.17, 15) is 4.79 Å². The summed E-state index contributed by atoms with van der Waals surface area (Å²) in [5.74, 6) is -0.648. The van der Waals surface area contributed by atoms with Gasteiger partial charge in [-0.15, -0.1) is 0 Å². The highest BCUT2D eigenvalue weighted by molar-refractivity contribution is 6.30. The van der Waals surface area contributed by atoms with Crippen LogP contribution in [0.2, 0.25) is 5.15 Å². The number of fused-ring (bicyclic) bond motifs is 1. The number of nitrogens with zero attached hydrogens (tertiary/aromatic N) is 4. The summed E-state index contributed by atoms with van der Waals surface area (Å²) < 4.78 is 12.8. The maximum atomic E-state index is 13.0. The lowest BCUT2D eigenvalue weighted by Gasteiger charge is -2.35. The molecule has 0 spiro atoms. The Morgan fingerprint density at radius 1 is 1.31 bits per heavy atom. The fraction of sp³-hybridized carbons (Fsp3) is 0.333. The first kappa shape index (κ1) is 17.1. The zero-order valence-electron chi connectivity index (χ0n) is 14.3. The molecule has 26 heavy (non-hydrogen) atoms. The molecule has 1 saturated heterocycles. The Kier molecular flexibility index (Phi) is 4.22. The van der Waals surface area contributed by atoms with Crippen molar-refractivity contribution in [3.63, 3.8) is 0 Å². The Labute approximate surface area is 154 Å². The minimum absolute atomic E-state index is 0.207. The van der Waals surface area contributed by atoms with E-state index in [1.54, 1.807) is 18.5 Å². The van der Waals surface area contributed by atoms with Crippen molar-refractivity contribution >= 4 is 22.5 Å². The quantitative estimate of drug-likeness (QED) is 0.643. The second kappa shape index (κ2) is 6.42. The molecule has 0 bridgehead atoms. The molecule has 0 atom stereocenters. The third-order valence-corrected chi connectivity index (χ3v) is 4.51. The second-order valence-corrected chi connectivity index (χ2v) is 6.95. The summed E-state index contributed by atoms with van der Waals surface area (Å²) in [4.78, 5) is 25.9. The molecule has 0 amide bonds. The van der Waals surface area contributed by atoms with Gasteiger partial charge in [-0.25, -0.2) is 9.97 Å². The lowest BCUT2D eigenvalue weighted by Crippen LogP contribution is -2.42. The van der Waals surface area contributed by atoms with Gasteiger partial charge in [-0.2, -0.15) is 0 Å². The maximum Gasteiger partial charge on any atom is 0.261 e. The number of hydrogen-bond donors (Lipinski definition) is 0. The number of rotatable bonds is 2. The summed E-state index contributed by atoms with van der Waals surface area (Å²) in [6, 6.07) is 4.94. The van der Waals surface area contributed by atoms with E-state index in [1.165, 1.54) is 17.0 Å². The average molecular weight is 373 g/mol. The van der Waals surface area contributed by atoms with Crippen LogP contribution in [0.15, 0.2) is 41.7 Å². The van der Waals surface area contributed by atoms with Gasteiger partial charge in [0, 0.05) is 18.0 Å². The average Bonchev–Trinajstić information content (AvgIpc) is 2.63. The second-order valence-electron chi connectivity index (χ2n) is 6.56. The topological polar surface area (TPSA) is 79.1 Å². The van der Waals surface area contributed by atoms with Crippen molar-refractivity contribution in [2.24, 2.45) is 0 Å². The van der Waals surface area contributed by atoms with Crippen LogP contribution >= 0.6 is 11.6 Å². The lowest BCUT2D eigenvalue weighted by molar-refractivity contribution is -0.258. The smallest absolute Gasteiger partial charge is 0.261 e. The molecular weight excluding hydrogens is 356 g/mol. The lowest BCUT2D eigenvalue weighted by atomic mass is 10.1. The molecule has 0 radical (unpaired) electrons. The van der Waals surface area contributed by atoms with E-state index in [2.05, 4.69) is 15.0 Å². The minimum atomic E-state index is -0.648. The van der Waals surface area contributed by atoms with Gasteiger partial charge in [0.05, 0.1) is 31.0 Å². The molecule has 0 aliphatic carbocycles. The molecule has 3 aromatic heterocycles. The van der Waals surface area contributed by atoms with Crippen LogP contribution in [0.5, 0.6) is 0 Å². The van der Waals surface area contributed by atoms with Crippen molar-refractivity contribution < 1.29 is 9.47 Å². The van der Waals surface area contributed by atoms with Crippen LogP contribution in [-0.4, -0.2) is 38.5 Å². The Morgan fingerprint density at radius 2 is 2.08 bits per heavy atom. The summed E-state index contributed by atoms with van der Waals surface area (Å²) in [6.45, 7) is 4.43. The Morgan fingerprint density at radius 3 is 2.77 bits per heavy atom. The van der Waals surface area contributed by atoms with E-state index in [4.69, 9.17) is 21.1 Å². The number of ether oxygens (including phenoxy) is 2. The number of aromatic nitrogens is 4. The largest absolute Gasteiger partial charge is 0.348 e. The molecule has 1 aliphatic heterocycles. The van der Waals surface area contributed by atoms with Gasteiger partial charge in [0.25, 0.3) is 5.56 Å². The highest BCUT2D eigenvalue weighted by Crippen LogP contribution is 2.27. The molecule has 0 N–H and O–H groups in total. The van der Waals surface area contributed by atoms with E-state index in [1.807, 2.05) is 19.9 Å². The van der Waals surface area contributed by atoms with Gasteiger partial charge in [0.15, 0.2) is 5.79 Å². The SMILES string of the molecule is CC1(C)OCC(n2cnc3c(-c4cccnc4)nc(Cl)cc3c2=O)CO1. The first-order valence-electron chi connectivity index (χ1n) is 8.20. The molecule has 134 valence electrons. The summed E-state index contributed by atoms with van der Waals surface area (Å²) in [5, 5.41) is 0.626. The first-order chi connectivity index (χ1) is 12.4. The van der Waals surface area contributed by atoms with Crippen LogP contribution in [0, 0.1) is 0 Å². The van der Waals surface area contributed by atoms with Gasteiger partial charge in [0.1, 0.15) is 16.4 Å². The summed E-state index contributed by atoms with van der Waals surface area (Å²) in [5.41, 5.74) is 1.56. The van der Waals surface area contributed by atoms with E-state index in [-0.39, 0.29) is 16.8 Å². The molecule has 4 heterocycles. The molecule has 0 aromatic carbocycles. The van der Waals surface area contributed by atoms with Crippen molar-refractivity contribution in [3.8, 4) is 11.3 Å². The third-order valence-electron chi connectivity index (χ3n) is 4.31. The molecule has 0 unspecified atom stereocenters. The Bertz CT molecular complexity index is 1010. The number of hydrogen-bond acceptors (Lipinski definition) is 6. The van der Waals surface area contributed by atoms with Gasteiger partial charge in [0.2, 0.25) is 0 Å². The normalized spacial score (nSPS) is 17.5. The zero-order chi connectivity index (χ0) is 18.3. The van der Waals surface area contributed by atoms with Crippen molar-refractivity contribution in [1.82, 2.24) is 19.5 Å². The van der Waals surface area contributed by atoms with E-state index >= 15 is 0 Å². The fourth-order valence-electron chi connectivity index (χ4n) is 2.92. The Balaban J connectivity index is 1.83. The summed E-state index contributed by atoms with van der Waals surface area (Å²) >= 11 is 6.16. The van der Waals surface area contributed by atoms with Crippen molar-refractivity contribution in [1.29, 1.82) is 0 Å². The van der Waals surface area contributed by atoms with Gasteiger partial charge >= 0.3 is 0 Å². The molecule has 7 nitrogen and oxygen atoms in total. The van der Waals surface area contributed by atoms with Crippen molar-refractivity contribution in [3.05, 3.63) is 52.4 Å². The molecule has 1 fully saturated rings. The molecule has 3 aromatic rings. The maximum absolute atomic E-state index is 13.0. The molecule has 8 heteroatoms. The van der Waals surface area contributed by atoms with Crippen LogP contribution in [0.3, 0.4) is 0 Å². The van der Waals surface area contributed by atoms with E-state index in [0.29, 0.717) is 29.8 Å². The highest BCUT2D eigenvalue weighted by Gasteiger charge is 2.30. The minimum Gasteiger partial charge on any atom is -0.348 e. The molecule has 4 rings (SSSR count). The predicted octanol–water partition coefficient (Wildman–Crippen LogP) is 2.83. The van der Waals surface area contributed by atoms with Crippen LogP contribution in [0.4, 0.5) is 0 Å². The molecule has 1 aliphatic rings. The monoisotopic (exact) mass is 372 g/mol. The zero-order valence-corrected chi connectivity index (χ0v) is 15.1. The van der Waals surface area contributed by atoms with Crippen LogP contribution in [-0.2, 0) is 9.47 Å². The van der Waals surface area contributed by atoms with Crippen molar-refractivity contribution in [2.75, 3.05) is 13.2 Å². The summed E-state index contributed by atoms with van der Waals surface area (Å²) in [7, 11) is 0. The van der Waals surface area contributed by atoms with Crippen LogP contribution < -0.4 is 5.56 Å². The summed E-state index contributed by atoms with van der Waals surface area (Å²) in [6.07, 6.45) is 4.84. The molecule has 0 saturated carbocycles. The fourth-order valence-corrected chi connectivity index (χ4v) is 3.11. The van der Waals surface area contributed by atoms with E-state index in [0.717, 1.165) is 5.56 Å². The van der Waals surface area contributed by atoms with Crippen LogP contribution in [0.1, 0.15) is 19.9 Å². The van der Waals surface area contributed by atoms with Gasteiger partial charge in [-0.05, 0) is 32.0 Å². The third kappa shape index (κ3) is 3.09. The predicted molar refractivity (Wildman–Crippen MR) is 97.1 cm³/mol. The Hall–Kier alpha value is -2.35. The first-order valence-corrected chi connectivity index (χ1v) is 8.58. The molecular formula is C18H17ClN4O3.